The van der Waals surface area contributed by atoms with Crippen LogP contribution in [0.4, 0.5) is 11.5 Å². The number of ether oxygens (including phenoxy) is 1. The first kappa shape index (κ1) is 17.1. The predicted molar refractivity (Wildman–Crippen MR) is 100 cm³/mol. The SMILES string of the molecule is CC(C)(CNc1cc(N2CCOCC2)ccn1)c1cccc(Cl)c1. The van der Waals surface area contributed by atoms with Crippen molar-refractivity contribution in [2.45, 2.75) is 19.3 Å². The highest BCUT2D eigenvalue weighted by Crippen LogP contribution is 2.26. The van der Waals surface area contributed by atoms with E-state index in [1.54, 1.807) is 0 Å². The maximum Gasteiger partial charge on any atom is 0.127 e. The van der Waals surface area contributed by atoms with Gasteiger partial charge in [-0.25, -0.2) is 4.98 Å². The molecule has 4 nitrogen and oxygen atoms in total. The summed E-state index contributed by atoms with van der Waals surface area (Å²) in [5.41, 5.74) is 2.37. The molecule has 0 aliphatic carbocycles. The van der Waals surface area contributed by atoms with Crippen LogP contribution in [-0.2, 0) is 10.2 Å². The van der Waals surface area contributed by atoms with Crippen LogP contribution >= 0.6 is 11.6 Å². The van der Waals surface area contributed by atoms with Gasteiger partial charge in [-0.15, -0.1) is 0 Å². The molecule has 1 aromatic heterocycles. The van der Waals surface area contributed by atoms with E-state index in [1.807, 2.05) is 24.4 Å². The van der Waals surface area contributed by atoms with Gasteiger partial charge in [0.15, 0.2) is 0 Å². The molecule has 1 saturated heterocycles. The van der Waals surface area contributed by atoms with Gasteiger partial charge in [0.25, 0.3) is 0 Å². The second-order valence-corrected chi connectivity index (χ2v) is 7.18. The van der Waals surface area contributed by atoms with E-state index in [2.05, 4.69) is 47.2 Å². The topological polar surface area (TPSA) is 37.4 Å². The molecule has 128 valence electrons. The lowest BCUT2D eigenvalue weighted by Crippen LogP contribution is -2.36. The van der Waals surface area contributed by atoms with E-state index in [0.29, 0.717) is 0 Å². The maximum absolute atomic E-state index is 6.13. The van der Waals surface area contributed by atoms with Crippen molar-refractivity contribution in [2.24, 2.45) is 0 Å². The van der Waals surface area contributed by atoms with Crippen molar-refractivity contribution in [1.29, 1.82) is 0 Å². The Labute approximate surface area is 148 Å². The summed E-state index contributed by atoms with van der Waals surface area (Å²) in [5.74, 6) is 0.897. The maximum atomic E-state index is 6.13. The Hall–Kier alpha value is -1.78. The lowest BCUT2D eigenvalue weighted by Gasteiger charge is -2.29. The van der Waals surface area contributed by atoms with Gasteiger partial charge < -0.3 is 15.0 Å². The molecule has 2 heterocycles. The molecule has 2 aromatic rings. The number of hydrogen-bond acceptors (Lipinski definition) is 4. The fraction of sp³-hybridized carbons (Fsp3) is 0.421. The molecule has 5 heteroatoms. The number of aromatic nitrogens is 1. The molecule has 3 rings (SSSR count). The molecule has 1 aliphatic heterocycles. The third-order valence-electron chi connectivity index (χ3n) is 4.44. The van der Waals surface area contributed by atoms with Gasteiger partial charge in [-0.2, -0.15) is 0 Å². The lowest BCUT2D eigenvalue weighted by molar-refractivity contribution is 0.122. The van der Waals surface area contributed by atoms with Gasteiger partial charge in [0.05, 0.1) is 13.2 Å². The number of hydrogen-bond donors (Lipinski definition) is 1. The first-order valence-electron chi connectivity index (χ1n) is 8.33. The zero-order chi connectivity index (χ0) is 17.0. The molecule has 0 radical (unpaired) electrons. The third-order valence-corrected chi connectivity index (χ3v) is 4.67. The predicted octanol–water partition coefficient (Wildman–Crippen LogP) is 3.96. The quantitative estimate of drug-likeness (QED) is 0.890. The normalized spacial score (nSPS) is 15.4. The highest BCUT2D eigenvalue weighted by Gasteiger charge is 2.21. The Morgan fingerprint density at radius 3 is 2.75 bits per heavy atom. The minimum Gasteiger partial charge on any atom is -0.378 e. The second kappa shape index (κ2) is 7.41. The van der Waals surface area contributed by atoms with Gasteiger partial charge in [0.1, 0.15) is 5.82 Å². The first-order chi connectivity index (χ1) is 11.5. The van der Waals surface area contributed by atoms with Crippen molar-refractivity contribution in [2.75, 3.05) is 43.1 Å². The first-order valence-corrected chi connectivity index (χ1v) is 8.71. The van der Waals surface area contributed by atoms with Crippen LogP contribution < -0.4 is 10.2 Å². The fourth-order valence-electron chi connectivity index (χ4n) is 2.86. The molecule has 1 aliphatic rings. The lowest BCUT2D eigenvalue weighted by atomic mass is 9.84. The number of halogens is 1. The zero-order valence-electron chi connectivity index (χ0n) is 14.3. The van der Waals surface area contributed by atoms with Crippen LogP contribution in [0.2, 0.25) is 5.02 Å². The van der Waals surface area contributed by atoms with Gasteiger partial charge in [0, 0.05) is 48.0 Å². The molecular formula is C19H24ClN3O. The van der Waals surface area contributed by atoms with Crippen LogP contribution in [-0.4, -0.2) is 37.8 Å². The zero-order valence-corrected chi connectivity index (χ0v) is 15.0. The number of anilines is 2. The van der Waals surface area contributed by atoms with Crippen molar-refractivity contribution in [3.8, 4) is 0 Å². The van der Waals surface area contributed by atoms with E-state index in [9.17, 15) is 0 Å². The third kappa shape index (κ3) is 4.19. The summed E-state index contributed by atoms with van der Waals surface area (Å²) in [6.45, 7) is 8.62. The molecular weight excluding hydrogens is 322 g/mol. The van der Waals surface area contributed by atoms with Crippen LogP contribution in [0.3, 0.4) is 0 Å². The fourth-order valence-corrected chi connectivity index (χ4v) is 3.05. The standard InChI is InChI=1S/C19H24ClN3O/c1-19(2,15-4-3-5-16(20)12-15)14-22-18-13-17(6-7-21-18)23-8-10-24-11-9-23/h3-7,12-13H,8-11,14H2,1-2H3,(H,21,22). The van der Waals surface area contributed by atoms with Crippen LogP contribution in [0.1, 0.15) is 19.4 Å². The summed E-state index contributed by atoms with van der Waals surface area (Å²) < 4.78 is 5.42. The van der Waals surface area contributed by atoms with Gasteiger partial charge in [-0.05, 0) is 23.8 Å². The second-order valence-electron chi connectivity index (χ2n) is 6.75. The average Bonchev–Trinajstić information content (AvgIpc) is 2.61. The molecule has 1 N–H and O–H groups in total. The van der Waals surface area contributed by atoms with Crippen LogP contribution in [0.25, 0.3) is 0 Å². The average molecular weight is 346 g/mol. The van der Waals surface area contributed by atoms with E-state index >= 15 is 0 Å². The minimum absolute atomic E-state index is 0.0401. The molecule has 0 unspecified atom stereocenters. The van der Waals surface area contributed by atoms with Crippen molar-refractivity contribution in [3.05, 3.63) is 53.2 Å². The number of nitrogens with zero attached hydrogens (tertiary/aromatic N) is 2. The summed E-state index contributed by atoms with van der Waals surface area (Å²) in [6.07, 6.45) is 1.86. The molecule has 0 atom stereocenters. The Kier molecular flexibility index (Phi) is 5.27. The van der Waals surface area contributed by atoms with E-state index in [-0.39, 0.29) is 5.41 Å². The van der Waals surface area contributed by atoms with Crippen LogP contribution in [0.5, 0.6) is 0 Å². The molecule has 0 saturated carbocycles. The van der Waals surface area contributed by atoms with Gasteiger partial charge in [0.2, 0.25) is 0 Å². The van der Waals surface area contributed by atoms with E-state index in [4.69, 9.17) is 16.3 Å². The summed E-state index contributed by atoms with van der Waals surface area (Å²) in [6, 6.07) is 12.2. The smallest absolute Gasteiger partial charge is 0.127 e. The number of pyridine rings is 1. The summed E-state index contributed by atoms with van der Waals surface area (Å²) in [7, 11) is 0. The van der Waals surface area contributed by atoms with Gasteiger partial charge in [-0.3, -0.25) is 0 Å². The molecule has 0 bridgehead atoms. The van der Waals surface area contributed by atoms with E-state index < -0.39 is 0 Å². The monoisotopic (exact) mass is 345 g/mol. The van der Waals surface area contributed by atoms with E-state index in [1.165, 1.54) is 11.3 Å². The van der Waals surface area contributed by atoms with Gasteiger partial charge >= 0.3 is 0 Å². The largest absolute Gasteiger partial charge is 0.378 e. The number of morpholine rings is 1. The molecule has 1 aromatic carbocycles. The number of nitrogens with one attached hydrogen (secondary N) is 1. The minimum atomic E-state index is -0.0401. The van der Waals surface area contributed by atoms with Crippen molar-refractivity contribution in [3.63, 3.8) is 0 Å². The highest BCUT2D eigenvalue weighted by atomic mass is 35.5. The summed E-state index contributed by atoms with van der Waals surface area (Å²) in [5, 5.41) is 4.24. The Balaban J connectivity index is 1.67. The number of rotatable bonds is 5. The molecule has 1 fully saturated rings. The molecule has 24 heavy (non-hydrogen) atoms. The summed E-state index contributed by atoms with van der Waals surface area (Å²) in [4.78, 5) is 6.79. The van der Waals surface area contributed by atoms with Gasteiger partial charge in [-0.1, -0.05) is 37.6 Å². The van der Waals surface area contributed by atoms with Crippen molar-refractivity contribution >= 4 is 23.1 Å². The number of benzene rings is 1. The highest BCUT2D eigenvalue weighted by molar-refractivity contribution is 6.30. The molecule has 0 amide bonds. The van der Waals surface area contributed by atoms with Crippen LogP contribution in [0.15, 0.2) is 42.6 Å². The summed E-state index contributed by atoms with van der Waals surface area (Å²) >= 11 is 6.13. The van der Waals surface area contributed by atoms with Crippen molar-refractivity contribution < 1.29 is 4.74 Å². The molecule has 0 spiro atoms. The Morgan fingerprint density at radius 2 is 2.00 bits per heavy atom. The van der Waals surface area contributed by atoms with Crippen molar-refractivity contribution in [1.82, 2.24) is 4.98 Å². The van der Waals surface area contributed by atoms with E-state index in [0.717, 1.165) is 43.7 Å². The Morgan fingerprint density at radius 1 is 1.21 bits per heavy atom. The van der Waals surface area contributed by atoms with Crippen LogP contribution in [0, 0.1) is 0 Å². The Bertz CT molecular complexity index is 684.